The first-order valence-corrected chi connectivity index (χ1v) is 16.4. The minimum absolute atomic E-state index is 0.0294. The Labute approximate surface area is 295 Å². The normalized spacial score (nSPS) is 19.7. The standard InChI is InChI=1S/C35H44O16/c1-40-26-18-30(44-5)28(42-3)16-24(26)32(36)48-50-34(38)46-22-11-7-20(8-12-22)15-21-9-13-23(14-10-21)47-35(39)51-49-33(37)25-17-29(43-4)31(45-6)19-27(25)41-2/h16-23H,7-15H2,1-6H3. The van der Waals surface area contributed by atoms with Crippen molar-refractivity contribution in [3.8, 4) is 34.5 Å². The lowest BCUT2D eigenvalue weighted by Gasteiger charge is -2.33. The molecular weight excluding hydrogens is 676 g/mol. The molecule has 2 fully saturated rings. The van der Waals surface area contributed by atoms with Crippen LogP contribution in [0.4, 0.5) is 9.59 Å². The molecule has 0 aromatic heterocycles. The van der Waals surface area contributed by atoms with Crippen molar-refractivity contribution < 1.29 is 76.6 Å². The quantitative estimate of drug-likeness (QED) is 0.133. The van der Waals surface area contributed by atoms with E-state index in [0.29, 0.717) is 49.0 Å². The Bertz CT molecular complexity index is 1400. The van der Waals surface area contributed by atoms with Crippen molar-refractivity contribution in [1.29, 1.82) is 0 Å². The topological polar surface area (TPSA) is 179 Å². The number of hydrogen-bond donors (Lipinski definition) is 0. The molecule has 51 heavy (non-hydrogen) atoms. The molecule has 0 spiro atoms. The van der Waals surface area contributed by atoms with Gasteiger partial charge in [-0.25, -0.2) is 29.1 Å². The smallest absolute Gasteiger partial charge is 0.496 e. The lowest BCUT2D eigenvalue weighted by Crippen LogP contribution is -2.28. The van der Waals surface area contributed by atoms with Crippen LogP contribution in [0.15, 0.2) is 24.3 Å². The predicted molar refractivity (Wildman–Crippen MR) is 174 cm³/mol. The fourth-order valence-corrected chi connectivity index (χ4v) is 6.36. The summed E-state index contributed by atoms with van der Waals surface area (Å²) in [6.45, 7) is 0. The van der Waals surface area contributed by atoms with Crippen molar-refractivity contribution in [1.82, 2.24) is 0 Å². The third-order valence-corrected chi connectivity index (χ3v) is 9.00. The molecule has 2 aliphatic rings. The SMILES string of the molecule is COc1cc(OC)c(C(=O)OOC(=O)OC2CCC(CC3CCC(OC(=O)OOC(=O)c4cc(OC)c(OC)cc4OC)CC3)CC2)cc1OC. The van der Waals surface area contributed by atoms with Gasteiger partial charge in [0.25, 0.3) is 0 Å². The number of carbonyl (C=O) groups excluding carboxylic acids is 4. The summed E-state index contributed by atoms with van der Waals surface area (Å²) in [5.74, 6) is 0.474. The molecule has 280 valence electrons. The van der Waals surface area contributed by atoms with Crippen molar-refractivity contribution in [3.05, 3.63) is 35.4 Å². The Hall–Kier alpha value is -5.28. The van der Waals surface area contributed by atoms with E-state index in [9.17, 15) is 19.2 Å². The first-order chi connectivity index (χ1) is 24.6. The summed E-state index contributed by atoms with van der Waals surface area (Å²) >= 11 is 0. The van der Waals surface area contributed by atoms with Gasteiger partial charge in [0.1, 0.15) is 34.8 Å². The Balaban J connectivity index is 1.12. The van der Waals surface area contributed by atoms with Gasteiger partial charge >= 0.3 is 24.2 Å². The lowest BCUT2D eigenvalue weighted by molar-refractivity contribution is -0.208. The molecule has 0 amide bonds. The van der Waals surface area contributed by atoms with Crippen molar-refractivity contribution in [2.24, 2.45) is 11.8 Å². The number of benzene rings is 2. The zero-order chi connectivity index (χ0) is 36.9. The number of carbonyl (C=O) groups is 4. The van der Waals surface area contributed by atoms with Gasteiger partial charge in [-0.15, -0.1) is 0 Å². The van der Waals surface area contributed by atoms with Gasteiger partial charge in [-0.05, 0) is 69.6 Å². The van der Waals surface area contributed by atoms with Gasteiger partial charge in [0.15, 0.2) is 23.0 Å². The molecule has 4 rings (SSSR count). The number of ether oxygens (including phenoxy) is 8. The van der Waals surface area contributed by atoms with Crippen molar-refractivity contribution in [2.75, 3.05) is 42.7 Å². The summed E-state index contributed by atoms with van der Waals surface area (Å²) < 4.78 is 42.0. The van der Waals surface area contributed by atoms with E-state index in [1.54, 1.807) is 0 Å². The highest BCUT2D eigenvalue weighted by Gasteiger charge is 2.31. The van der Waals surface area contributed by atoms with Crippen LogP contribution >= 0.6 is 0 Å². The molecule has 16 heteroatoms. The van der Waals surface area contributed by atoms with Gasteiger partial charge in [-0.2, -0.15) is 9.59 Å². The predicted octanol–water partition coefficient (Wildman–Crippen LogP) is 6.40. The molecule has 0 heterocycles. The fraction of sp³-hybridized carbons (Fsp3) is 0.543. The summed E-state index contributed by atoms with van der Waals surface area (Å²) in [5.41, 5.74) is -0.0587. The summed E-state index contributed by atoms with van der Waals surface area (Å²) in [6.07, 6.45) is 4.09. The third-order valence-electron chi connectivity index (χ3n) is 9.00. The van der Waals surface area contributed by atoms with Crippen LogP contribution < -0.4 is 28.4 Å². The average Bonchev–Trinajstić information content (AvgIpc) is 3.16. The van der Waals surface area contributed by atoms with E-state index in [4.69, 9.17) is 47.7 Å². The van der Waals surface area contributed by atoms with E-state index in [1.165, 1.54) is 66.9 Å². The van der Waals surface area contributed by atoms with Gasteiger partial charge in [-0.1, -0.05) is 0 Å². The minimum atomic E-state index is -1.11. The molecule has 2 aromatic carbocycles. The Morgan fingerprint density at radius 2 is 0.765 bits per heavy atom. The van der Waals surface area contributed by atoms with Crippen molar-refractivity contribution >= 4 is 24.2 Å². The Morgan fingerprint density at radius 3 is 1.08 bits per heavy atom. The fourth-order valence-electron chi connectivity index (χ4n) is 6.36. The van der Waals surface area contributed by atoms with Crippen molar-refractivity contribution in [2.45, 2.75) is 70.0 Å². The molecule has 0 unspecified atom stereocenters. The maximum Gasteiger partial charge on any atom is 0.550 e. The Kier molecular flexibility index (Phi) is 14.1. The average molecular weight is 721 g/mol. The van der Waals surface area contributed by atoms with Crippen molar-refractivity contribution in [3.63, 3.8) is 0 Å². The van der Waals surface area contributed by atoms with Gasteiger partial charge in [0, 0.05) is 24.3 Å². The second kappa shape index (κ2) is 18.6. The van der Waals surface area contributed by atoms with E-state index in [2.05, 4.69) is 9.78 Å². The highest BCUT2D eigenvalue weighted by atomic mass is 17.2. The van der Waals surface area contributed by atoms with Crippen LogP contribution in [0.3, 0.4) is 0 Å². The summed E-state index contributed by atoms with van der Waals surface area (Å²) in [5, 5.41) is 0. The Morgan fingerprint density at radius 1 is 0.451 bits per heavy atom. The summed E-state index contributed by atoms with van der Waals surface area (Å²) in [4.78, 5) is 68.3. The third kappa shape index (κ3) is 10.4. The van der Waals surface area contributed by atoms with Crippen LogP contribution in [0.2, 0.25) is 0 Å². The maximum atomic E-state index is 12.6. The lowest BCUT2D eigenvalue weighted by atomic mass is 9.76. The first kappa shape index (κ1) is 38.5. The van der Waals surface area contributed by atoms with Gasteiger partial charge in [0.2, 0.25) is 0 Å². The molecule has 0 radical (unpaired) electrons. The molecule has 2 aromatic rings. The van der Waals surface area contributed by atoms with E-state index < -0.39 is 24.2 Å². The van der Waals surface area contributed by atoms with Gasteiger partial charge < -0.3 is 37.9 Å². The van der Waals surface area contributed by atoms with Gasteiger partial charge in [-0.3, -0.25) is 0 Å². The van der Waals surface area contributed by atoms with E-state index in [0.717, 1.165) is 32.1 Å². The molecule has 0 aliphatic heterocycles. The van der Waals surface area contributed by atoms with E-state index in [1.807, 2.05) is 0 Å². The molecule has 16 nitrogen and oxygen atoms in total. The summed E-state index contributed by atoms with van der Waals surface area (Å²) in [6, 6.07) is 5.60. The first-order valence-electron chi connectivity index (χ1n) is 16.4. The van der Waals surface area contributed by atoms with Crippen LogP contribution in [-0.2, 0) is 29.0 Å². The molecule has 2 aliphatic carbocycles. The zero-order valence-corrected chi connectivity index (χ0v) is 29.5. The number of methoxy groups -OCH3 is 6. The molecule has 0 atom stereocenters. The second-order valence-corrected chi connectivity index (χ2v) is 12.0. The van der Waals surface area contributed by atoms with E-state index >= 15 is 0 Å². The molecular formula is C35H44O16. The molecule has 0 bridgehead atoms. The zero-order valence-electron chi connectivity index (χ0n) is 29.5. The minimum Gasteiger partial charge on any atom is -0.496 e. The van der Waals surface area contributed by atoms with Crippen LogP contribution in [0.5, 0.6) is 34.5 Å². The number of rotatable bonds is 12. The monoisotopic (exact) mass is 720 g/mol. The highest BCUT2D eigenvalue weighted by molar-refractivity contribution is 5.94. The molecule has 0 N–H and O–H groups in total. The molecule has 0 saturated heterocycles. The maximum absolute atomic E-state index is 12.6. The highest BCUT2D eigenvalue weighted by Crippen LogP contribution is 2.38. The van der Waals surface area contributed by atoms with Crippen LogP contribution in [0, 0.1) is 11.8 Å². The largest absolute Gasteiger partial charge is 0.550 e. The molecule has 2 saturated carbocycles. The summed E-state index contributed by atoms with van der Waals surface area (Å²) in [7, 11) is 8.44. The van der Waals surface area contributed by atoms with E-state index in [-0.39, 0.29) is 46.3 Å². The van der Waals surface area contributed by atoms with Crippen LogP contribution in [0.1, 0.15) is 78.5 Å². The number of hydrogen-bond acceptors (Lipinski definition) is 16. The second-order valence-electron chi connectivity index (χ2n) is 12.0. The van der Waals surface area contributed by atoms with Crippen LogP contribution in [0.25, 0.3) is 0 Å². The van der Waals surface area contributed by atoms with Gasteiger partial charge in [0.05, 0.1) is 42.7 Å². The van der Waals surface area contributed by atoms with Crippen LogP contribution in [-0.4, -0.2) is 79.1 Å².